The van der Waals surface area contributed by atoms with Gasteiger partial charge in [-0.2, -0.15) is 0 Å². The topological polar surface area (TPSA) is 29.3 Å². The second kappa shape index (κ2) is 7.95. The summed E-state index contributed by atoms with van der Waals surface area (Å²) in [6, 6.07) is 11.1. The van der Waals surface area contributed by atoms with Crippen molar-refractivity contribution in [3.63, 3.8) is 0 Å². The first-order chi connectivity index (χ1) is 10.1. The molecule has 1 aromatic carbocycles. The average Bonchev–Trinajstić information content (AvgIpc) is 2.49. The molecule has 0 radical (unpaired) electrons. The van der Waals surface area contributed by atoms with Gasteiger partial charge in [0, 0.05) is 18.6 Å². The first-order valence-corrected chi connectivity index (χ1v) is 8.60. The van der Waals surface area contributed by atoms with Crippen LogP contribution in [0.4, 0.5) is 0 Å². The van der Waals surface area contributed by atoms with Gasteiger partial charge in [-0.05, 0) is 37.3 Å². The Morgan fingerprint density at radius 1 is 1.10 bits per heavy atom. The van der Waals surface area contributed by atoms with Crippen LogP contribution in [0.5, 0.6) is 0 Å². The van der Waals surface area contributed by atoms with Crippen molar-refractivity contribution in [2.24, 2.45) is 17.6 Å². The number of likely N-dealkylation sites (N-methyl/N-ethyl adjacent to an activating group) is 1. The Bertz CT molecular complexity index is 395. The molecule has 0 saturated heterocycles. The highest BCUT2D eigenvalue weighted by molar-refractivity contribution is 5.20. The third kappa shape index (κ3) is 4.55. The van der Waals surface area contributed by atoms with Crippen molar-refractivity contribution in [1.29, 1.82) is 0 Å². The molecule has 1 aromatic rings. The van der Waals surface area contributed by atoms with E-state index in [1.165, 1.54) is 44.2 Å². The molecule has 0 spiro atoms. The molecule has 0 heterocycles. The minimum atomic E-state index is 0.0970. The highest BCUT2D eigenvalue weighted by Gasteiger charge is 2.28. The number of rotatable bonds is 6. The minimum absolute atomic E-state index is 0.0970. The van der Waals surface area contributed by atoms with Crippen molar-refractivity contribution in [3.8, 4) is 0 Å². The maximum atomic E-state index is 6.60. The molecule has 2 nitrogen and oxygen atoms in total. The van der Waals surface area contributed by atoms with Gasteiger partial charge in [0.15, 0.2) is 0 Å². The Balaban J connectivity index is 2.03. The molecule has 2 unspecified atom stereocenters. The van der Waals surface area contributed by atoms with Gasteiger partial charge >= 0.3 is 0 Å². The van der Waals surface area contributed by atoms with Crippen LogP contribution in [0.3, 0.4) is 0 Å². The molecule has 2 rings (SSSR count). The maximum Gasteiger partial charge on any atom is 0.0455 e. The Hall–Kier alpha value is -0.860. The highest BCUT2D eigenvalue weighted by Crippen LogP contribution is 2.28. The summed E-state index contributed by atoms with van der Waals surface area (Å²) in [5.41, 5.74) is 7.86. The molecular formula is C19H32N2. The molecule has 2 N–H and O–H groups in total. The molecular weight excluding hydrogens is 256 g/mol. The quantitative estimate of drug-likeness (QED) is 0.849. The van der Waals surface area contributed by atoms with Crippen LogP contribution < -0.4 is 5.73 Å². The lowest BCUT2D eigenvalue weighted by Gasteiger charge is -2.38. The van der Waals surface area contributed by atoms with Crippen LogP contribution in [0.2, 0.25) is 0 Å². The fraction of sp³-hybridized carbons (Fsp3) is 0.684. The van der Waals surface area contributed by atoms with Gasteiger partial charge < -0.3 is 10.6 Å². The summed E-state index contributed by atoms with van der Waals surface area (Å²) < 4.78 is 0. The summed E-state index contributed by atoms with van der Waals surface area (Å²) >= 11 is 0. The summed E-state index contributed by atoms with van der Waals surface area (Å²) in [7, 11) is 2.27. The van der Waals surface area contributed by atoms with Gasteiger partial charge in [-0.25, -0.2) is 0 Å². The molecule has 1 aliphatic rings. The number of hydrogen-bond donors (Lipinski definition) is 1. The summed E-state index contributed by atoms with van der Waals surface area (Å²) in [4.78, 5) is 2.53. The molecule has 0 aromatic heterocycles. The lowest BCUT2D eigenvalue weighted by molar-refractivity contribution is 0.128. The average molecular weight is 288 g/mol. The number of hydrogen-bond acceptors (Lipinski definition) is 2. The second-order valence-electron chi connectivity index (χ2n) is 7.11. The first kappa shape index (κ1) is 16.5. The Morgan fingerprint density at radius 3 is 2.29 bits per heavy atom. The van der Waals surface area contributed by atoms with Gasteiger partial charge in [0.05, 0.1) is 0 Å². The minimum Gasteiger partial charge on any atom is -0.323 e. The van der Waals surface area contributed by atoms with Crippen molar-refractivity contribution in [2.75, 3.05) is 13.6 Å². The van der Waals surface area contributed by atoms with Gasteiger partial charge in [0.2, 0.25) is 0 Å². The zero-order chi connectivity index (χ0) is 15.2. The summed E-state index contributed by atoms with van der Waals surface area (Å²) in [6.07, 6.45) is 7.05. The molecule has 0 aliphatic heterocycles. The van der Waals surface area contributed by atoms with Gasteiger partial charge in [0.1, 0.15) is 0 Å². The van der Waals surface area contributed by atoms with Crippen LogP contribution in [-0.4, -0.2) is 24.5 Å². The van der Waals surface area contributed by atoms with E-state index in [1.54, 1.807) is 0 Å². The van der Waals surface area contributed by atoms with Crippen LogP contribution >= 0.6 is 0 Å². The molecule has 118 valence electrons. The van der Waals surface area contributed by atoms with Crippen LogP contribution in [0.1, 0.15) is 57.6 Å². The van der Waals surface area contributed by atoms with Crippen LogP contribution in [-0.2, 0) is 0 Å². The lowest BCUT2D eigenvalue weighted by Crippen LogP contribution is -2.46. The summed E-state index contributed by atoms with van der Waals surface area (Å²) in [5, 5.41) is 0. The van der Waals surface area contributed by atoms with Crippen molar-refractivity contribution in [3.05, 3.63) is 35.9 Å². The Kier molecular flexibility index (Phi) is 6.25. The Morgan fingerprint density at radius 2 is 1.71 bits per heavy atom. The Labute approximate surface area is 130 Å². The molecule has 1 saturated carbocycles. The van der Waals surface area contributed by atoms with Gasteiger partial charge in [-0.1, -0.05) is 63.4 Å². The molecule has 1 aliphatic carbocycles. The van der Waals surface area contributed by atoms with E-state index >= 15 is 0 Å². The number of nitrogens with zero attached hydrogens (tertiary/aromatic N) is 1. The van der Waals surface area contributed by atoms with Crippen molar-refractivity contribution < 1.29 is 0 Å². The van der Waals surface area contributed by atoms with Crippen molar-refractivity contribution >= 4 is 0 Å². The summed E-state index contributed by atoms with van der Waals surface area (Å²) in [5.74, 6) is 1.43. The molecule has 21 heavy (non-hydrogen) atoms. The normalized spacial score (nSPS) is 19.9. The predicted octanol–water partition coefficient (Wildman–Crippen LogP) is 4.22. The van der Waals surface area contributed by atoms with Crippen molar-refractivity contribution in [2.45, 2.75) is 58.0 Å². The van der Waals surface area contributed by atoms with E-state index < -0.39 is 0 Å². The monoisotopic (exact) mass is 288 g/mol. The molecule has 0 bridgehead atoms. The van der Waals surface area contributed by atoms with E-state index in [0.29, 0.717) is 12.0 Å². The molecule has 0 amide bonds. The maximum absolute atomic E-state index is 6.60. The lowest BCUT2D eigenvalue weighted by atomic mass is 9.86. The smallest absolute Gasteiger partial charge is 0.0455 e. The van der Waals surface area contributed by atoms with Gasteiger partial charge in [-0.3, -0.25) is 0 Å². The van der Waals surface area contributed by atoms with E-state index in [1.807, 2.05) is 0 Å². The third-order valence-corrected chi connectivity index (χ3v) is 5.02. The largest absolute Gasteiger partial charge is 0.323 e. The second-order valence-corrected chi connectivity index (χ2v) is 7.11. The standard InChI is InChI=1S/C19H32N2/c1-15(2)19(18(20)17-12-8-5-9-13-17)21(3)14-16-10-6-4-7-11-16/h5,8-9,12-13,15-16,18-19H,4,6-7,10-11,14,20H2,1-3H3. The fourth-order valence-electron chi connectivity index (χ4n) is 3.97. The zero-order valence-corrected chi connectivity index (χ0v) is 14.0. The van der Waals surface area contributed by atoms with E-state index in [-0.39, 0.29) is 6.04 Å². The first-order valence-electron chi connectivity index (χ1n) is 8.60. The summed E-state index contributed by atoms with van der Waals surface area (Å²) in [6.45, 7) is 5.79. The number of benzene rings is 1. The predicted molar refractivity (Wildman–Crippen MR) is 91.2 cm³/mol. The van der Waals surface area contributed by atoms with Crippen LogP contribution in [0, 0.1) is 11.8 Å². The van der Waals surface area contributed by atoms with Gasteiger partial charge in [-0.15, -0.1) is 0 Å². The SMILES string of the molecule is CC(C)C(C(N)c1ccccc1)N(C)CC1CCCCC1. The fourth-order valence-corrected chi connectivity index (χ4v) is 3.97. The van der Waals surface area contributed by atoms with E-state index in [0.717, 1.165) is 5.92 Å². The molecule has 1 fully saturated rings. The van der Waals surface area contributed by atoms with E-state index in [9.17, 15) is 0 Å². The van der Waals surface area contributed by atoms with Gasteiger partial charge in [0.25, 0.3) is 0 Å². The zero-order valence-electron chi connectivity index (χ0n) is 14.0. The van der Waals surface area contributed by atoms with Crippen LogP contribution in [0.15, 0.2) is 30.3 Å². The third-order valence-electron chi connectivity index (χ3n) is 5.02. The molecule has 2 heteroatoms. The highest BCUT2D eigenvalue weighted by atomic mass is 15.2. The van der Waals surface area contributed by atoms with Crippen LogP contribution in [0.25, 0.3) is 0 Å². The number of nitrogens with two attached hydrogens (primary N) is 1. The van der Waals surface area contributed by atoms with E-state index in [4.69, 9.17) is 5.73 Å². The van der Waals surface area contributed by atoms with E-state index in [2.05, 4.69) is 56.1 Å². The molecule has 2 atom stereocenters. The van der Waals surface area contributed by atoms with Crippen molar-refractivity contribution in [1.82, 2.24) is 4.90 Å².